The number of rotatable bonds is 3. The van der Waals surface area contributed by atoms with Crippen LogP contribution in [-0.2, 0) is 5.54 Å². The average Bonchev–Trinajstić information content (AvgIpc) is 3.14. The Kier molecular flexibility index (Phi) is 3.25. The van der Waals surface area contributed by atoms with Crippen molar-refractivity contribution in [1.29, 1.82) is 0 Å². The zero-order valence-electron chi connectivity index (χ0n) is 11.2. The van der Waals surface area contributed by atoms with Crippen molar-refractivity contribution in [3.05, 3.63) is 22.3 Å². The fraction of sp³-hybridized carbons (Fsp3) is 0.538. The summed E-state index contributed by atoms with van der Waals surface area (Å²) in [5.41, 5.74) is 6.18. The minimum Gasteiger partial charge on any atom is -0.481 e. The monoisotopic (exact) mass is 359 g/mol. The molecule has 7 heteroatoms. The quantitative estimate of drug-likeness (QED) is 0.901. The highest BCUT2D eigenvalue weighted by atomic mass is 79.9. The van der Waals surface area contributed by atoms with Crippen LogP contribution in [-0.4, -0.2) is 28.7 Å². The van der Waals surface area contributed by atoms with Crippen molar-refractivity contribution in [2.45, 2.75) is 23.6 Å². The van der Waals surface area contributed by atoms with E-state index >= 15 is 0 Å². The van der Waals surface area contributed by atoms with Crippen LogP contribution in [0.25, 0.3) is 0 Å². The third-order valence-corrected chi connectivity index (χ3v) is 5.84. The number of halogens is 2. The first-order chi connectivity index (χ1) is 9.45. The molecule has 0 aromatic carbocycles. The van der Waals surface area contributed by atoms with Crippen LogP contribution in [0.1, 0.15) is 18.9 Å². The van der Waals surface area contributed by atoms with Gasteiger partial charge in [-0.25, -0.2) is 9.37 Å². The summed E-state index contributed by atoms with van der Waals surface area (Å²) >= 11 is 4.78. The molecule has 4 nitrogen and oxygen atoms in total. The molecule has 0 spiro atoms. The number of hydrogen-bond donors (Lipinski definition) is 1. The van der Waals surface area contributed by atoms with Crippen LogP contribution in [0.2, 0.25) is 0 Å². The highest BCUT2D eigenvalue weighted by molar-refractivity contribution is 9.10. The molecule has 0 saturated heterocycles. The molecule has 1 aliphatic carbocycles. The zero-order valence-corrected chi connectivity index (χ0v) is 13.6. The Hall–Kier alpha value is -0.820. The van der Waals surface area contributed by atoms with Gasteiger partial charge in [-0.15, -0.1) is 0 Å². The number of hydrogen-bond acceptors (Lipinski definition) is 5. The lowest BCUT2D eigenvalue weighted by atomic mass is 9.87. The number of methoxy groups -OCH3 is 1. The molecule has 20 heavy (non-hydrogen) atoms. The van der Waals surface area contributed by atoms with E-state index in [4.69, 9.17) is 10.5 Å². The van der Waals surface area contributed by atoms with Gasteiger partial charge in [0.25, 0.3) is 0 Å². The fourth-order valence-corrected chi connectivity index (χ4v) is 4.68. The molecule has 1 aromatic heterocycles. The first-order valence-electron chi connectivity index (χ1n) is 6.25. The van der Waals surface area contributed by atoms with Gasteiger partial charge in [-0.05, 0) is 35.3 Å². The number of fused-ring (bicyclic) bond motifs is 1. The summed E-state index contributed by atoms with van der Waals surface area (Å²) in [5, 5.41) is 0.431. The van der Waals surface area contributed by atoms with Crippen LogP contribution in [0.4, 0.5) is 4.39 Å². The number of aliphatic imine (C=N–C) groups is 1. The molecule has 108 valence electrons. The van der Waals surface area contributed by atoms with Crippen LogP contribution < -0.4 is 10.5 Å². The lowest BCUT2D eigenvalue weighted by Gasteiger charge is -2.33. The maximum atomic E-state index is 13.4. The molecule has 0 radical (unpaired) electrons. The van der Waals surface area contributed by atoms with Gasteiger partial charge in [-0.1, -0.05) is 11.8 Å². The Labute approximate surface area is 129 Å². The second-order valence-electron chi connectivity index (χ2n) is 5.37. The molecule has 2 aliphatic rings. The maximum absolute atomic E-state index is 13.4. The molecule has 2 heterocycles. The van der Waals surface area contributed by atoms with Crippen molar-refractivity contribution in [3.8, 4) is 5.88 Å². The van der Waals surface area contributed by atoms with Gasteiger partial charge in [0.05, 0.1) is 17.4 Å². The number of ether oxygens (including phenoxy) is 1. The second kappa shape index (κ2) is 4.59. The lowest BCUT2D eigenvalue weighted by Crippen LogP contribution is -2.36. The van der Waals surface area contributed by atoms with E-state index in [0.29, 0.717) is 11.0 Å². The molecule has 1 fully saturated rings. The topological polar surface area (TPSA) is 60.5 Å². The van der Waals surface area contributed by atoms with E-state index in [9.17, 15) is 4.39 Å². The van der Waals surface area contributed by atoms with E-state index in [-0.39, 0.29) is 5.92 Å². The lowest BCUT2D eigenvalue weighted by molar-refractivity contribution is 0.340. The van der Waals surface area contributed by atoms with Crippen LogP contribution in [0.15, 0.2) is 21.7 Å². The van der Waals surface area contributed by atoms with Gasteiger partial charge in [-0.2, -0.15) is 0 Å². The van der Waals surface area contributed by atoms with Crippen molar-refractivity contribution >= 4 is 32.9 Å². The van der Waals surface area contributed by atoms with E-state index in [1.54, 1.807) is 13.3 Å². The van der Waals surface area contributed by atoms with Gasteiger partial charge in [0.15, 0.2) is 5.17 Å². The molecule has 1 saturated carbocycles. The molecule has 1 aliphatic heterocycles. The summed E-state index contributed by atoms with van der Waals surface area (Å²) in [6.07, 6.45) is 2.44. The number of nitrogens with two attached hydrogens (primary N) is 1. The third-order valence-electron chi connectivity index (χ3n) is 4.14. The first-order valence-corrected chi connectivity index (χ1v) is 7.86. The smallest absolute Gasteiger partial charge is 0.218 e. The van der Waals surface area contributed by atoms with Crippen LogP contribution >= 0.6 is 27.7 Å². The summed E-state index contributed by atoms with van der Waals surface area (Å²) in [5.74, 6) is 0.626. The molecular weight excluding hydrogens is 345 g/mol. The first kappa shape index (κ1) is 14.1. The third kappa shape index (κ3) is 1.94. The Bertz CT molecular complexity index is 599. The number of thioether (sulfide) groups is 1. The van der Waals surface area contributed by atoms with Crippen LogP contribution in [0.5, 0.6) is 5.88 Å². The highest BCUT2D eigenvalue weighted by Crippen LogP contribution is 2.66. The SMILES string of the molecule is COc1ncc(Br)cc1[C@@]1(C)N=C(N)S[C@@]2(CF)C[C@H]21. The van der Waals surface area contributed by atoms with E-state index < -0.39 is 17.0 Å². The molecule has 3 rings (SSSR count). The number of aromatic nitrogens is 1. The number of pyridine rings is 1. The largest absolute Gasteiger partial charge is 0.481 e. The van der Waals surface area contributed by atoms with Crippen molar-refractivity contribution in [1.82, 2.24) is 4.98 Å². The fourth-order valence-electron chi connectivity index (χ4n) is 3.02. The standard InChI is InChI=1S/C13H15BrFN3OS/c1-12(8-3-7(14)5-17-10(8)19-2)9-4-13(9,6-15)20-11(16)18-12/h3,5,9H,4,6H2,1-2H3,(H2,16,18)/t9-,12+,13+/m0/s1. The molecule has 0 unspecified atom stereocenters. The van der Waals surface area contributed by atoms with Crippen molar-refractivity contribution in [2.75, 3.05) is 13.8 Å². The Morgan fingerprint density at radius 3 is 3.05 bits per heavy atom. The summed E-state index contributed by atoms with van der Waals surface area (Å²) < 4.78 is 19.2. The van der Waals surface area contributed by atoms with E-state index in [1.165, 1.54) is 11.8 Å². The normalized spacial score (nSPS) is 35.2. The van der Waals surface area contributed by atoms with Crippen LogP contribution in [0, 0.1) is 5.92 Å². The highest BCUT2D eigenvalue weighted by Gasteiger charge is 2.67. The summed E-state index contributed by atoms with van der Waals surface area (Å²) in [6, 6.07) is 1.93. The maximum Gasteiger partial charge on any atom is 0.218 e. The average molecular weight is 360 g/mol. The van der Waals surface area contributed by atoms with Crippen molar-refractivity contribution < 1.29 is 9.13 Å². The predicted molar refractivity (Wildman–Crippen MR) is 81.9 cm³/mol. The van der Waals surface area contributed by atoms with Crippen LogP contribution in [0.3, 0.4) is 0 Å². The predicted octanol–water partition coefficient (Wildman–Crippen LogP) is 2.86. The van der Waals surface area contributed by atoms with E-state index in [1.807, 2.05) is 13.0 Å². The van der Waals surface area contributed by atoms with Gasteiger partial charge in [-0.3, -0.25) is 4.99 Å². The molecular formula is C13H15BrFN3OS. The molecule has 3 atom stereocenters. The zero-order chi connectivity index (χ0) is 14.5. The Morgan fingerprint density at radius 1 is 1.65 bits per heavy atom. The van der Waals surface area contributed by atoms with Gasteiger partial charge in [0.2, 0.25) is 5.88 Å². The van der Waals surface area contributed by atoms with E-state index in [2.05, 4.69) is 25.9 Å². The molecule has 0 amide bonds. The molecule has 2 N–H and O–H groups in total. The van der Waals surface area contributed by atoms with Gasteiger partial charge in [0.1, 0.15) is 6.67 Å². The summed E-state index contributed by atoms with van der Waals surface area (Å²) in [6.45, 7) is 1.59. The molecule has 1 aromatic rings. The van der Waals surface area contributed by atoms with Gasteiger partial charge in [0, 0.05) is 22.2 Å². The second-order valence-corrected chi connectivity index (χ2v) is 7.72. The minimum atomic E-state index is -0.594. The molecule has 0 bridgehead atoms. The minimum absolute atomic E-state index is 0.113. The number of nitrogens with zero attached hydrogens (tertiary/aromatic N) is 2. The van der Waals surface area contributed by atoms with E-state index in [0.717, 1.165) is 16.5 Å². The Morgan fingerprint density at radius 2 is 2.40 bits per heavy atom. The Balaban J connectivity index is 2.13. The van der Waals surface area contributed by atoms with Crippen molar-refractivity contribution in [2.24, 2.45) is 16.6 Å². The van der Waals surface area contributed by atoms with Gasteiger partial charge < -0.3 is 10.5 Å². The van der Waals surface area contributed by atoms with Crippen molar-refractivity contribution in [3.63, 3.8) is 0 Å². The summed E-state index contributed by atoms with van der Waals surface area (Å²) in [4.78, 5) is 8.86. The summed E-state index contributed by atoms with van der Waals surface area (Å²) in [7, 11) is 1.57. The van der Waals surface area contributed by atoms with Gasteiger partial charge >= 0.3 is 0 Å². The number of alkyl halides is 1. The number of amidine groups is 1.